The minimum atomic E-state index is -4.04. The molecule has 1 atom stereocenters. The number of anilines is 1. The van der Waals surface area contributed by atoms with Gasteiger partial charge < -0.3 is 15.0 Å². The lowest BCUT2D eigenvalue weighted by molar-refractivity contribution is -0.139. The van der Waals surface area contributed by atoms with Crippen LogP contribution < -0.4 is 14.4 Å². The monoisotopic (exact) mass is 523 g/mol. The molecule has 0 radical (unpaired) electrons. The van der Waals surface area contributed by atoms with Crippen LogP contribution in [0.5, 0.6) is 5.75 Å². The molecular formula is C25H31F2N3O5S. The number of rotatable bonds is 10. The van der Waals surface area contributed by atoms with Crippen molar-refractivity contribution < 1.29 is 31.5 Å². The molecule has 1 fully saturated rings. The van der Waals surface area contributed by atoms with Crippen molar-refractivity contribution in [3.05, 3.63) is 59.7 Å². The number of benzene rings is 2. The highest BCUT2D eigenvalue weighted by atomic mass is 32.2. The predicted molar refractivity (Wildman–Crippen MR) is 132 cm³/mol. The molecule has 0 saturated heterocycles. The molecule has 1 aliphatic rings. The van der Waals surface area contributed by atoms with E-state index in [-0.39, 0.29) is 24.2 Å². The van der Waals surface area contributed by atoms with E-state index in [1.807, 2.05) is 0 Å². The van der Waals surface area contributed by atoms with Gasteiger partial charge in [-0.1, -0.05) is 25.0 Å². The third-order valence-electron chi connectivity index (χ3n) is 6.25. The Kier molecular flexibility index (Phi) is 8.89. The van der Waals surface area contributed by atoms with Gasteiger partial charge in [-0.2, -0.15) is 0 Å². The Hall–Kier alpha value is -3.21. The van der Waals surface area contributed by atoms with E-state index in [0.717, 1.165) is 44.1 Å². The summed E-state index contributed by atoms with van der Waals surface area (Å²) in [5, 5.41) is 2.97. The van der Waals surface area contributed by atoms with Crippen molar-refractivity contribution in [2.24, 2.45) is 0 Å². The van der Waals surface area contributed by atoms with Crippen LogP contribution in [0.15, 0.2) is 42.5 Å². The van der Waals surface area contributed by atoms with Gasteiger partial charge in [0.2, 0.25) is 21.8 Å². The predicted octanol–water partition coefficient (Wildman–Crippen LogP) is 3.22. The third-order valence-corrected chi connectivity index (χ3v) is 7.39. The van der Waals surface area contributed by atoms with Crippen molar-refractivity contribution in [1.82, 2.24) is 10.2 Å². The number of methoxy groups -OCH3 is 1. The van der Waals surface area contributed by atoms with E-state index in [0.29, 0.717) is 21.7 Å². The van der Waals surface area contributed by atoms with Gasteiger partial charge >= 0.3 is 0 Å². The van der Waals surface area contributed by atoms with Crippen molar-refractivity contribution in [1.29, 1.82) is 0 Å². The summed E-state index contributed by atoms with van der Waals surface area (Å²) in [4.78, 5) is 27.8. The fourth-order valence-electron chi connectivity index (χ4n) is 4.16. The first-order chi connectivity index (χ1) is 17.0. The topological polar surface area (TPSA) is 96.0 Å². The Labute approximate surface area is 210 Å². The van der Waals surface area contributed by atoms with Gasteiger partial charge in [0.05, 0.1) is 19.1 Å². The number of nitrogens with zero attached hydrogens (tertiary/aromatic N) is 2. The second kappa shape index (κ2) is 11.7. The number of hydrogen-bond acceptors (Lipinski definition) is 5. The number of amides is 2. The van der Waals surface area contributed by atoms with Gasteiger partial charge in [-0.3, -0.25) is 13.9 Å². The van der Waals surface area contributed by atoms with Gasteiger partial charge in [0, 0.05) is 18.7 Å². The molecule has 0 heterocycles. The first-order valence-electron chi connectivity index (χ1n) is 11.6. The highest BCUT2D eigenvalue weighted by Gasteiger charge is 2.31. The fourth-order valence-corrected chi connectivity index (χ4v) is 5.00. The fraction of sp³-hybridized carbons (Fsp3) is 0.440. The molecule has 0 spiro atoms. The molecule has 8 nitrogen and oxygen atoms in total. The molecule has 0 aromatic heterocycles. The van der Waals surface area contributed by atoms with Gasteiger partial charge in [-0.05, 0) is 49.6 Å². The Bertz CT molecular complexity index is 1180. The van der Waals surface area contributed by atoms with Crippen LogP contribution in [0.2, 0.25) is 0 Å². The third kappa shape index (κ3) is 6.93. The number of nitrogens with one attached hydrogen (secondary N) is 1. The minimum Gasteiger partial charge on any atom is -0.497 e. The molecule has 2 aromatic rings. The molecule has 0 bridgehead atoms. The molecule has 1 aliphatic carbocycles. The summed E-state index contributed by atoms with van der Waals surface area (Å²) in [5.41, 5.74) is 0.501. The van der Waals surface area contributed by atoms with Crippen LogP contribution in [-0.2, 0) is 26.2 Å². The number of hydrogen-bond donors (Lipinski definition) is 1. The Morgan fingerprint density at radius 2 is 1.72 bits per heavy atom. The van der Waals surface area contributed by atoms with Crippen LogP contribution >= 0.6 is 0 Å². The summed E-state index contributed by atoms with van der Waals surface area (Å²) in [7, 11) is -2.52. The van der Waals surface area contributed by atoms with Gasteiger partial charge in [-0.15, -0.1) is 0 Å². The lowest BCUT2D eigenvalue weighted by Crippen LogP contribution is -2.52. The smallest absolute Gasteiger partial charge is 0.244 e. The summed E-state index contributed by atoms with van der Waals surface area (Å²) in [5.74, 6) is -2.78. The van der Waals surface area contributed by atoms with Crippen LogP contribution in [0.3, 0.4) is 0 Å². The van der Waals surface area contributed by atoms with Crippen LogP contribution in [0.1, 0.15) is 38.2 Å². The van der Waals surface area contributed by atoms with E-state index in [2.05, 4.69) is 5.32 Å². The minimum absolute atomic E-state index is 0.0253. The molecule has 3 rings (SSSR count). The maximum Gasteiger partial charge on any atom is 0.244 e. The van der Waals surface area contributed by atoms with Crippen molar-refractivity contribution >= 4 is 27.5 Å². The zero-order chi connectivity index (χ0) is 26.5. The van der Waals surface area contributed by atoms with Crippen LogP contribution in [0, 0.1) is 11.6 Å². The molecule has 1 N–H and O–H groups in total. The van der Waals surface area contributed by atoms with Crippen LogP contribution in [0.25, 0.3) is 0 Å². The first-order valence-corrected chi connectivity index (χ1v) is 13.5. The van der Waals surface area contributed by atoms with E-state index in [1.165, 1.54) is 12.0 Å². The molecule has 2 amide bonds. The summed E-state index contributed by atoms with van der Waals surface area (Å²) < 4.78 is 58.1. The lowest BCUT2D eigenvalue weighted by atomic mass is 10.1. The zero-order valence-corrected chi connectivity index (χ0v) is 21.4. The average Bonchev–Trinajstić information content (AvgIpc) is 3.35. The molecule has 36 heavy (non-hydrogen) atoms. The largest absolute Gasteiger partial charge is 0.497 e. The number of carbonyl (C=O) groups excluding carboxylic acids is 2. The molecular weight excluding hydrogens is 492 g/mol. The van der Waals surface area contributed by atoms with Crippen molar-refractivity contribution in [3.63, 3.8) is 0 Å². The van der Waals surface area contributed by atoms with Crippen molar-refractivity contribution in [2.45, 2.75) is 51.2 Å². The highest BCUT2D eigenvalue weighted by Crippen LogP contribution is 2.23. The first kappa shape index (κ1) is 27.4. The maximum atomic E-state index is 13.8. The van der Waals surface area contributed by atoms with E-state index in [4.69, 9.17) is 4.74 Å². The maximum absolute atomic E-state index is 13.8. The van der Waals surface area contributed by atoms with Gasteiger partial charge in [0.15, 0.2) is 11.6 Å². The Morgan fingerprint density at radius 3 is 2.28 bits per heavy atom. The van der Waals surface area contributed by atoms with Gasteiger partial charge in [-0.25, -0.2) is 17.2 Å². The normalized spacial score (nSPS) is 14.8. The molecule has 11 heteroatoms. The lowest BCUT2D eigenvalue weighted by Gasteiger charge is -2.32. The molecule has 2 aromatic carbocycles. The van der Waals surface area contributed by atoms with E-state index < -0.39 is 40.2 Å². The summed E-state index contributed by atoms with van der Waals surface area (Å²) in [6.07, 6.45) is 4.63. The summed E-state index contributed by atoms with van der Waals surface area (Å²) in [6.45, 7) is 0.909. The van der Waals surface area contributed by atoms with Gasteiger partial charge in [0.1, 0.15) is 18.3 Å². The molecule has 196 valence electrons. The van der Waals surface area contributed by atoms with Crippen molar-refractivity contribution in [3.8, 4) is 5.75 Å². The SMILES string of the molecule is COc1ccc(CN(C(=O)CN(c2ccc(F)c(F)c2)S(C)(=O)=O)C(C)C(=O)NC2CCCC2)cc1. The quantitative estimate of drug-likeness (QED) is 0.516. The number of sulfonamides is 1. The van der Waals surface area contributed by atoms with E-state index in [9.17, 15) is 26.8 Å². The van der Waals surface area contributed by atoms with Gasteiger partial charge in [0.25, 0.3) is 0 Å². The number of ether oxygens (including phenoxy) is 1. The molecule has 1 saturated carbocycles. The van der Waals surface area contributed by atoms with Crippen molar-refractivity contribution in [2.75, 3.05) is 24.2 Å². The number of carbonyl (C=O) groups is 2. The average molecular weight is 524 g/mol. The Balaban J connectivity index is 1.88. The molecule has 0 aliphatic heterocycles. The van der Waals surface area contributed by atoms with E-state index >= 15 is 0 Å². The van der Waals surface area contributed by atoms with E-state index in [1.54, 1.807) is 31.2 Å². The summed E-state index contributed by atoms with van der Waals surface area (Å²) in [6, 6.07) is 8.62. The highest BCUT2D eigenvalue weighted by molar-refractivity contribution is 7.92. The number of halogens is 2. The molecule has 1 unspecified atom stereocenters. The standard InChI is InChI=1S/C25H31F2N3O5S/c1-17(25(32)28-19-6-4-5-7-19)29(15-18-8-11-21(35-2)12-9-18)24(31)16-30(36(3,33)34)20-10-13-22(26)23(27)14-20/h8-14,17,19H,4-7,15-16H2,1-3H3,(H,28,32). The zero-order valence-electron chi connectivity index (χ0n) is 20.5. The second-order valence-electron chi connectivity index (χ2n) is 8.90. The Morgan fingerprint density at radius 1 is 1.08 bits per heavy atom. The summed E-state index contributed by atoms with van der Waals surface area (Å²) >= 11 is 0. The van der Waals surface area contributed by atoms with Crippen LogP contribution in [-0.4, -0.2) is 57.1 Å². The van der Waals surface area contributed by atoms with Crippen LogP contribution in [0.4, 0.5) is 14.5 Å². The second-order valence-corrected chi connectivity index (χ2v) is 10.8.